The van der Waals surface area contributed by atoms with Gasteiger partial charge in [0.25, 0.3) is 0 Å². The summed E-state index contributed by atoms with van der Waals surface area (Å²) in [5.41, 5.74) is -2.01. The van der Waals surface area contributed by atoms with Gasteiger partial charge in [-0.3, -0.25) is 19.2 Å². The lowest BCUT2D eigenvalue weighted by Gasteiger charge is -2.34. The topological polar surface area (TPSA) is 182 Å². The molecule has 0 saturated heterocycles. The highest BCUT2D eigenvalue weighted by Crippen LogP contribution is 2.29. The van der Waals surface area contributed by atoms with Gasteiger partial charge >= 0.3 is 17.9 Å². The van der Waals surface area contributed by atoms with Crippen LogP contribution in [0.3, 0.4) is 0 Å². The molecular formula is C44H47F12NO15. The Morgan fingerprint density at radius 2 is 0.625 bits per heavy atom. The Bertz CT molecular complexity index is 1980. The predicted octanol–water partition coefficient (Wildman–Crippen LogP) is 6.04. The fourth-order valence-corrected chi connectivity index (χ4v) is 5.47. The Morgan fingerprint density at radius 3 is 0.903 bits per heavy atom. The molecule has 1 N–H and O–H groups in total. The Kier molecular flexibility index (Phi) is 26.8. The van der Waals surface area contributed by atoms with Crippen LogP contribution in [-0.2, 0) is 57.1 Å². The SMILES string of the molecule is CCOCCOCCOCCOCCOCCC(=O)NC(COCCC(=O)Oc1c(F)c(F)cc(F)c1F)(COCCC(=O)Oc1c(F)c(F)cc(F)c1F)COCCC(=O)Oc1c(F)c(F)cc(F)c1F. The minimum Gasteiger partial charge on any atom is -0.420 e. The van der Waals surface area contributed by atoms with Crippen molar-refractivity contribution in [2.24, 2.45) is 0 Å². The summed E-state index contributed by atoms with van der Waals surface area (Å²) in [4.78, 5) is 50.6. The van der Waals surface area contributed by atoms with Crippen molar-refractivity contribution in [3.05, 3.63) is 88.0 Å². The lowest BCUT2D eigenvalue weighted by atomic mass is 10.0. The van der Waals surface area contributed by atoms with Crippen LogP contribution < -0.4 is 19.5 Å². The molecule has 28 heteroatoms. The van der Waals surface area contributed by atoms with Crippen molar-refractivity contribution in [2.45, 2.75) is 38.1 Å². The van der Waals surface area contributed by atoms with E-state index >= 15 is 0 Å². The minimum absolute atomic E-state index is 0.0151. The average Bonchev–Trinajstić information content (AvgIpc) is 3.34. The van der Waals surface area contributed by atoms with Gasteiger partial charge in [0, 0.05) is 31.2 Å². The van der Waals surface area contributed by atoms with E-state index in [0.717, 1.165) is 0 Å². The highest BCUT2D eigenvalue weighted by molar-refractivity contribution is 5.77. The van der Waals surface area contributed by atoms with E-state index in [-0.39, 0.29) is 51.2 Å². The van der Waals surface area contributed by atoms with Crippen molar-refractivity contribution in [3.63, 3.8) is 0 Å². The minimum atomic E-state index is -2.04. The number of carbonyl (C=O) groups is 4. The number of ether oxygens (including phenoxy) is 11. The molecule has 0 aromatic heterocycles. The van der Waals surface area contributed by atoms with E-state index in [1.165, 1.54) is 0 Å². The molecule has 0 aliphatic rings. The van der Waals surface area contributed by atoms with Gasteiger partial charge in [-0.2, -0.15) is 26.3 Å². The summed E-state index contributed by atoms with van der Waals surface area (Å²) in [5.74, 6) is -34.2. The molecule has 16 nitrogen and oxygen atoms in total. The number of hydrogen-bond acceptors (Lipinski definition) is 15. The fraction of sp³-hybridized carbons (Fsp3) is 0.500. The number of amides is 1. The molecule has 0 atom stereocenters. The molecule has 1 amide bonds. The second-order valence-corrected chi connectivity index (χ2v) is 14.4. The Morgan fingerprint density at radius 1 is 0.375 bits per heavy atom. The lowest BCUT2D eigenvalue weighted by molar-refractivity contribution is -0.138. The first kappa shape index (κ1) is 60.7. The molecule has 3 rings (SSSR count). The monoisotopic (exact) mass is 1060 g/mol. The van der Waals surface area contributed by atoms with Crippen LogP contribution in [0.15, 0.2) is 18.2 Å². The van der Waals surface area contributed by atoms with Gasteiger partial charge in [-0.15, -0.1) is 0 Å². The van der Waals surface area contributed by atoms with Crippen LogP contribution >= 0.6 is 0 Å². The van der Waals surface area contributed by atoms with Gasteiger partial charge in [0.1, 0.15) is 5.54 Å². The highest BCUT2D eigenvalue weighted by atomic mass is 19.2. The van der Waals surface area contributed by atoms with E-state index in [1.54, 1.807) is 0 Å². The van der Waals surface area contributed by atoms with Crippen LogP contribution in [0.25, 0.3) is 0 Å². The third-order valence-electron chi connectivity index (χ3n) is 8.92. The first-order chi connectivity index (χ1) is 34.3. The Labute approximate surface area is 401 Å². The summed E-state index contributed by atoms with van der Waals surface area (Å²) >= 11 is 0. The fourth-order valence-electron chi connectivity index (χ4n) is 5.47. The number of carbonyl (C=O) groups excluding carboxylic acids is 4. The van der Waals surface area contributed by atoms with E-state index in [0.29, 0.717) is 33.0 Å². The summed E-state index contributed by atoms with van der Waals surface area (Å²) in [6.07, 6.45) is -3.11. The third-order valence-corrected chi connectivity index (χ3v) is 8.92. The zero-order valence-electron chi connectivity index (χ0n) is 38.0. The largest absolute Gasteiger partial charge is 0.420 e. The molecule has 3 aromatic rings. The van der Waals surface area contributed by atoms with Crippen LogP contribution in [0.1, 0.15) is 32.6 Å². The number of benzene rings is 3. The number of hydrogen-bond donors (Lipinski definition) is 1. The van der Waals surface area contributed by atoms with Crippen LogP contribution in [0.2, 0.25) is 0 Å². The second-order valence-electron chi connectivity index (χ2n) is 14.4. The van der Waals surface area contributed by atoms with Gasteiger partial charge in [0.2, 0.25) is 58.1 Å². The molecule has 72 heavy (non-hydrogen) atoms. The molecule has 402 valence electrons. The molecule has 0 fully saturated rings. The zero-order chi connectivity index (χ0) is 53.2. The van der Waals surface area contributed by atoms with Crippen molar-refractivity contribution < 1.29 is 124 Å². The Hall–Kier alpha value is -5.62. The van der Waals surface area contributed by atoms with E-state index < -0.39 is 182 Å². The number of esters is 3. The van der Waals surface area contributed by atoms with E-state index in [2.05, 4.69) is 19.5 Å². The van der Waals surface area contributed by atoms with Crippen molar-refractivity contribution in [2.75, 3.05) is 106 Å². The van der Waals surface area contributed by atoms with E-state index in [1.807, 2.05) is 6.92 Å². The second kappa shape index (κ2) is 31.8. The Balaban J connectivity index is 1.71. The van der Waals surface area contributed by atoms with Crippen molar-refractivity contribution >= 4 is 23.8 Å². The molecule has 0 heterocycles. The molecule has 0 aliphatic heterocycles. The molecule has 0 bridgehead atoms. The maximum absolute atomic E-state index is 14.1. The molecule has 0 spiro atoms. The number of halogens is 12. The average molecular weight is 1060 g/mol. The summed E-state index contributed by atoms with van der Waals surface area (Å²) in [6.45, 7) is -0.539. The quantitative estimate of drug-likeness (QED) is 0.0237. The lowest BCUT2D eigenvalue weighted by Crippen LogP contribution is -2.59. The highest BCUT2D eigenvalue weighted by Gasteiger charge is 2.35. The normalized spacial score (nSPS) is 11.5. The molecular weight excluding hydrogens is 1010 g/mol. The van der Waals surface area contributed by atoms with Crippen LogP contribution in [0.4, 0.5) is 52.7 Å². The first-order valence-electron chi connectivity index (χ1n) is 21.3. The van der Waals surface area contributed by atoms with Crippen molar-refractivity contribution in [1.82, 2.24) is 5.32 Å². The van der Waals surface area contributed by atoms with E-state index in [9.17, 15) is 71.9 Å². The van der Waals surface area contributed by atoms with Gasteiger partial charge in [0.05, 0.1) is 118 Å². The van der Waals surface area contributed by atoms with Gasteiger partial charge in [-0.05, 0) is 6.92 Å². The smallest absolute Gasteiger partial charge is 0.313 e. The maximum Gasteiger partial charge on any atom is 0.313 e. The van der Waals surface area contributed by atoms with Crippen LogP contribution in [0, 0.1) is 69.8 Å². The van der Waals surface area contributed by atoms with Gasteiger partial charge in [-0.1, -0.05) is 0 Å². The number of rotatable bonds is 35. The van der Waals surface area contributed by atoms with Gasteiger partial charge in [0.15, 0.2) is 34.9 Å². The standard InChI is InChI=1S/C44H47F12NO15/c1-2-62-11-12-64-15-16-66-18-17-65-14-13-63-7-3-31(58)57-44(22-67-8-4-32(59)70-41-35(51)25(45)19-26(46)36(41)52,23-68-9-5-33(60)71-42-37(53)27(47)20-28(48)38(42)54)24-69-10-6-34(61)72-43-39(55)29(49)21-30(50)40(43)56/h19-21H,2-18,22-24H2,1H3,(H,57,58). The van der Waals surface area contributed by atoms with Gasteiger partial charge in [-0.25, -0.2) is 26.3 Å². The third kappa shape index (κ3) is 20.5. The maximum atomic E-state index is 14.1. The molecule has 0 unspecified atom stereocenters. The molecule has 0 radical (unpaired) electrons. The van der Waals surface area contributed by atoms with Crippen LogP contribution in [-0.4, -0.2) is 135 Å². The van der Waals surface area contributed by atoms with Crippen LogP contribution in [0.5, 0.6) is 17.2 Å². The summed E-state index contributed by atoms with van der Waals surface area (Å²) in [5, 5.41) is 2.49. The summed E-state index contributed by atoms with van der Waals surface area (Å²) < 4.78 is 223. The molecule has 0 saturated carbocycles. The predicted molar refractivity (Wildman–Crippen MR) is 217 cm³/mol. The molecule has 3 aromatic carbocycles. The van der Waals surface area contributed by atoms with Gasteiger partial charge < -0.3 is 57.4 Å². The van der Waals surface area contributed by atoms with Crippen molar-refractivity contribution in [1.29, 1.82) is 0 Å². The summed E-state index contributed by atoms with van der Waals surface area (Å²) in [7, 11) is 0. The molecule has 0 aliphatic carbocycles. The van der Waals surface area contributed by atoms with Crippen molar-refractivity contribution in [3.8, 4) is 17.2 Å². The number of nitrogens with one attached hydrogen (secondary N) is 1. The van der Waals surface area contributed by atoms with E-state index in [4.69, 9.17) is 37.9 Å². The first-order valence-corrected chi connectivity index (χ1v) is 21.3. The zero-order valence-corrected chi connectivity index (χ0v) is 38.0. The summed E-state index contributed by atoms with van der Waals surface area (Å²) in [6, 6.07) is -0.429.